The predicted octanol–water partition coefficient (Wildman–Crippen LogP) is 6.20. The van der Waals surface area contributed by atoms with Crippen LogP contribution in [-0.4, -0.2) is 126 Å². The van der Waals surface area contributed by atoms with Crippen LogP contribution < -0.4 is 0 Å². The lowest BCUT2D eigenvalue weighted by molar-refractivity contribution is -0.302. The number of Topliss-reactive ketones (excluding diaryl/α,β-unsaturated/α-hetero) is 2. The van der Waals surface area contributed by atoms with Crippen molar-refractivity contribution in [3.8, 4) is 0 Å². The Kier molecular flexibility index (Phi) is 18.6. The molecule has 13 heteroatoms. The summed E-state index contributed by atoms with van der Waals surface area (Å²) in [5, 5.41) is 34.5. The molecule has 350 valence electrons. The van der Waals surface area contributed by atoms with Crippen molar-refractivity contribution in [1.82, 2.24) is 4.90 Å². The number of amides is 1. The van der Waals surface area contributed by atoms with Gasteiger partial charge in [-0.2, -0.15) is 0 Å². The van der Waals surface area contributed by atoms with Crippen molar-refractivity contribution in [2.45, 2.75) is 185 Å². The average Bonchev–Trinajstić information content (AvgIpc) is 3.78. The fraction of sp³-hybridized carbons (Fsp3) is 0.796. The Morgan fingerprint density at radius 1 is 0.839 bits per heavy atom. The standard InChI is InChI=1S/C49H77NO12/c1-29-22-30(2)24-42(59-7)45-43(60-8)26-32(4)49(57,62-45)46(54)47(55)50-21-12-11-18-37(50)48(56)61-44(31(3)25-35-19-20-38(51)41(27-35)58-6)33(5)39(52)28-40(53)36(23-29)17-13-16-34-14-9-10-15-34/h13,16,23,25,30,32-39,41-45,51-52,57H,9-12,14-15,17-22,24,26-28H2,1-8H3/b16-13+,29-23+,31-25+/t30-,32+,33+,35-,36+,37-,38+,39-,41+,42-,43-,44+,45+,49+/m0/s1. The van der Waals surface area contributed by atoms with Gasteiger partial charge in [-0.1, -0.05) is 63.5 Å². The van der Waals surface area contributed by atoms with Crippen LogP contribution in [0.1, 0.15) is 131 Å². The maximum atomic E-state index is 14.5. The molecule has 0 unspecified atom stereocenters. The summed E-state index contributed by atoms with van der Waals surface area (Å²) in [5.41, 5.74) is 1.67. The summed E-state index contributed by atoms with van der Waals surface area (Å²) in [6.07, 6.45) is 12.7. The predicted molar refractivity (Wildman–Crippen MR) is 233 cm³/mol. The molecule has 0 aromatic rings. The molecule has 2 saturated heterocycles. The smallest absolute Gasteiger partial charge is 0.329 e. The number of fused-ring (bicyclic) bond motifs is 3. The van der Waals surface area contributed by atoms with E-state index in [9.17, 15) is 34.5 Å². The lowest BCUT2D eigenvalue weighted by atomic mass is 9.81. The van der Waals surface area contributed by atoms with E-state index in [1.165, 1.54) is 17.7 Å². The van der Waals surface area contributed by atoms with Crippen LogP contribution >= 0.6 is 0 Å². The highest BCUT2D eigenvalue weighted by molar-refractivity contribution is 6.39. The number of nitrogens with zero attached hydrogens (tertiary/aromatic N) is 1. The van der Waals surface area contributed by atoms with Crippen molar-refractivity contribution in [1.29, 1.82) is 0 Å². The van der Waals surface area contributed by atoms with Crippen molar-refractivity contribution in [3.63, 3.8) is 0 Å². The first-order chi connectivity index (χ1) is 29.5. The second kappa shape index (κ2) is 22.9. The topological polar surface area (TPSA) is 178 Å². The fourth-order valence-electron chi connectivity index (χ4n) is 10.8. The van der Waals surface area contributed by atoms with E-state index in [0.29, 0.717) is 62.9 Å². The molecule has 0 radical (unpaired) electrons. The quantitative estimate of drug-likeness (QED) is 0.143. The molecular formula is C49H77NO12. The Balaban J connectivity index is 1.54. The van der Waals surface area contributed by atoms with E-state index in [1.54, 1.807) is 35.2 Å². The summed E-state index contributed by atoms with van der Waals surface area (Å²) in [5.74, 6) is -7.09. The number of carbonyl (C=O) groups excluding carboxylic acids is 4. The molecule has 4 fully saturated rings. The van der Waals surface area contributed by atoms with Gasteiger partial charge in [-0.25, -0.2) is 4.79 Å². The van der Waals surface area contributed by atoms with Crippen LogP contribution in [0.4, 0.5) is 0 Å². The number of ether oxygens (including phenoxy) is 5. The zero-order valence-corrected chi connectivity index (χ0v) is 38.7. The van der Waals surface area contributed by atoms with Gasteiger partial charge in [-0.3, -0.25) is 14.4 Å². The van der Waals surface area contributed by atoms with Gasteiger partial charge in [0.2, 0.25) is 5.79 Å². The van der Waals surface area contributed by atoms with Gasteiger partial charge in [0.15, 0.2) is 0 Å². The number of cyclic esters (lactones) is 1. The number of carbonyl (C=O) groups is 4. The fourth-order valence-corrected chi connectivity index (χ4v) is 10.8. The van der Waals surface area contributed by atoms with E-state index >= 15 is 0 Å². The lowest BCUT2D eigenvalue weighted by Crippen LogP contribution is -2.64. The van der Waals surface area contributed by atoms with Crippen LogP contribution in [0.5, 0.6) is 0 Å². The molecule has 3 aliphatic heterocycles. The highest BCUT2D eigenvalue weighted by Crippen LogP contribution is 2.39. The van der Waals surface area contributed by atoms with Gasteiger partial charge in [0.05, 0.1) is 30.5 Å². The molecule has 2 bridgehead atoms. The van der Waals surface area contributed by atoms with Crippen molar-refractivity contribution < 1.29 is 58.2 Å². The minimum Gasteiger partial charge on any atom is -0.456 e. The van der Waals surface area contributed by atoms with Gasteiger partial charge in [-0.05, 0) is 114 Å². The summed E-state index contributed by atoms with van der Waals surface area (Å²) in [6, 6.07) is -1.14. The highest BCUT2D eigenvalue weighted by Gasteiger charge is 2.56. The zero-order valence-electron chi connectivity index (χ0n) is 38.7. The van der Waals surface area contributed by atoms with E-state index in [4.69, 9.17) is 23.7 Å². The summed E-state index contributed by atoms with van der Waals surface area (Å²) >= 11 is 0. The van der Waals surface area contributed by atoms with Gasteiger partial charge >= 0.3 is 5.97 Å². The SMILES string of the molecule is CO[C@H]1C[C@@H](C)C/C(C)=C/[C@@H](C/C=C/C2CCCC2)C(=O)C[C@H](O)[C@@H](C)[C@@H](/C(C)=C/[C@@H]2CC[C@@H](O)[C@H](OC)C2)OC(=O)[C@@H]2CCCCN2C(=O)C(=O)[C@]2(O)O[C@H]1[C@@H](OC)C[C@H]2C. The Bertz CT molecular complexity index is 1620. The summed E-state index contributed by atoms with van der Waals surface area (Å²) in [4.78, 5) is 58.6. The minimum atomic E-state index is -2.51. The molecular weight excluding hydrogens is 795 g/mol. The van der Waals surface area contributed by atoms with Crippen LogP contribution in [-0.2, 0) is 42.9 Å². The van der Waals surface area contributed by atoms with Gasteiger partial charge in [0.25, 0.3) is 11.7 Å². The molecule has 0 spiro atoms. The second-order valence-corrected chi connectivity index (χ2v) is 19.5. The minimum absolute atomic E-state index is 0.00690. The van der Waals surface area contributed by atoms with Crippen LogP contribution in [0, 0.1) is 35.5 Å². The Morgan fingerprint density at radius 2 is 1.50 bits per heavy atom. The first-order valence-electron chi connectivity index (χ1n) is 23.5. The molecule has 3 N–H and O–H groups in total. The molecule has 0 aromatic carbocycles. The van der Waals surface area contributed by atoms with Gasteiger partial charge in [0, 0.05) is 52.0 Å². The third-order valence-corrected chi connectivity index (χ3v) is 14.7. The first kappa shape index (κ1) is 50.2. The van der Waals surface area contributed by atoms with Gasteiger partial charge in [0.1, 0.15) is 24.0 Å². The zero-order chi connectivity index (χ0) is 45.3. The molecule has 62 heavy (non-hydrogen) atoms. The van der Waals surface area contributed by atoms with Crippen LogP contribution in [0.15, 0.2) is 35.5 Å². The Labute approximate surface area is 370 Å². The molecule has 13 nitrogen and oxygen atoms in total. The number of ketones is 2. The van der Waals surface area contributed by atoms with E-state index in [2.05, 4.69) is 19.1 Å². The van der Waals surface area contributed by atoms with Crippen LogP contribution in [0.3, 0.4) is 0 Å². The number of rotatable bonds is 8. The molecule has 14 atom stereocenters. The average molecular weight is 872 g/mol. The normalized spacial score (nSPS) is 40.4. The number of piperidine rings is 1. The molecule has 5 rings (SSSR count). The lowest BCUT2D eigenvalue weighted by Gasteiger charge is -2.47. The van der Waals surface area contributed by atoms with Gasteiger partial charge in [-0.15, -0.1) is 0 Å². The molecule has 1 amide bonds. The third kappa shape index (κ3) is 12.3. The van der Waals surface area contributed by atoms with E-state index in [-0.39, 0.29) is 49.5 Å². The van der Waals surface area contributed by atoms with Crippen molar-refractivity contribution in [2.75, 3.05) is 27.9 Å². The van der Waals surface area contributed by atoms with Crippen LogP contribution in [0.2, 0.25) is 0 Å². The number of methoxy groups -OCH3 is 3. The number of esters is 1. The largest absolute Gasteiger partial charge is 0.456 e. The van der Waals surface area contributed by atoms with E-state index in [1.807, 2.05) is 26.0 Å². The molecule has 3 heterocycles. The second-order valence-electron chi connectivity index (χ2n) is 19.5. The number of hydrogen-bond acceptors (Lipinski definition) is 12. The maximum Gasteiger partial charge on any atom is 0.329 e. The molecule has 0 aromatic heterocycles. The van der Waals surface area contributed by atoms with Crippen molar-refractivity contribution in [2.24, 2.45) is 35.5 Å². The Hall–Kier alpha value is -2.78. The third-order valence-electron chi connectivity index (χ3n) is 14.7. The number of aliphatic hydroxyl groups excluding tert-OH is 2. The number of hydrogen-bond donors (Lipinski definition) is 3. The molecule has 2 saturated carbocycles. The first-order valence-corrected chi connectivity index (χ1v) is 23.5. The van der Waals surface area contributed by atoms with E-state index < -0.39 is 83.9 Å². The molecule has 2 aliphatic carbocycles. The van der Waals surface area contributed by atoms with Crippen LogP contribution in [0.25, 0.3) is 0 Å². The van der Waals surface area contributed by atoms with Gasteiger partial charge < -0.3 is 43.9 Å². The summed E-state index contributed by atoms with van der Waals surface area (Å²) < 4.78 is 30.0. The molecule has 5 aliphatic rings. The monoisotopic (exact) mass is 872 g/mol. The van der Waals surface area contributed by atoms with Crippen molar-refractivity contribution >= 4 is 23.4 Å². The summed E-state index contributed by atoms with van der Waals surface area (Å²) in [6.45, 7) is 9.42. The number of allylic oxidation sites excluding steroid dienone is 5. The number of aliphatic hydroxyl groups is 3. The Morgan fingerprint density at radius 3 is 2.18 bits per heavy atom. The summed E-state index contributed by atoms with van der Waals surface area (Å²) in [7, 11) is 4.66. The highest BCUT2D eigenvalue weighted by atomic mass is 16.7. The maximum absolute atomic E-state index is 14.5. The van der Waals surface area contributed by atoms with E-state index in [0.717, 1.165) is 18.4 Å². The van der Waals surface area contributed by atoms with Crippen molar-refractivity contribution in [3.05, 3.63) is 35.5 Å².